The maximum Gasteiger partial charge on any atom is 0.326 e. The molecule has 0 unspecified atom stereocenters. The van der Waals surface area contributed by atoms with E-state index < -0.39 is 84.0 Å². The van der Waals surface area contributed by atoms with Crippen molar-refractivity contribution in [1.82, 2.24) is 26.6 Å². The van der Waals surface area contributed by atoms with Crippen LogP contribution in [-0.2, 0) is 44.8 Å². The van der Waals surface area contributed by atoms with E-state index >= 15 is 0 Å². The van der Waals surface area contributed by atoms with Crippen LogP contribution in [0.1, 0.15) is 90.5 Å². The number of rotatable bonds is 21. The van der Waals surface area contributed by atoms with Crippen molar-refractivity contribution in [2.45, 2.75) is 122 Å². The van der Waals surface area contributed by atoms with Gasteiger partial charge < -0.3 is 42.5 Å². The van der Waals surface area contributed by atoms with Gasteiger partial charge in [0, 0.05) is 24.2 Å². The molecule has 17 heteroatoms. The Balaban J connectivity index is 2.29. The lowest BCUT2D eigenvalue weighted by Crippen LogP contribution is -2.59. The summed E-state index contributed by atoms with van der Waals surface area (Å²) in [5, 5.41) is 31.9. The molecule has 0 aliphatic heterocycles. The Morgan fingerprint density at radius 1 is 0.750 bits per heavy atom. The number of benzene rings is 1. The molecule has 1 aliphatic carbocycles. The molecule has 1 saturated carbocycles. The van der Waals surface area contributed by atoms with Gasteiger partial charge in [-0.15, -0.1) is 0 Å². The minimum atomic E-state index is -1.68. The van der Waals surface area contributed by atoms with E-state index in [1.165, 1.54) is 6.92 Å². The van der Waals surface area contributed by atoms with Gasteiger partial charge >= 0.3 is 11.9 Å². The first-order chi connectivity index (χ1) is 24.4. The lowest BCUT2D eigenvalue weighted by atomic mass is 9.84. The van der Waals surface area contributed by atoms with Gasteiger partial charge in [0.25, 0.3) is 0 Å². The van der Waals surface area contributed by atoms with Crippen molar-refractivity contribution < 1.29 is 48.6 Å². The zero-order valence-electron chi connectivity index (χ0n) is 29.7. The van der Waals surface area contributed by atoms with Crippen LogP contribution in [0, 0.1) is 11.8 Å². The van der Waals surface area contributed by atoms with Crippen molar-refractivity contribution in [3.8, 4) is 0 Å². The number of nitrogens with two attached hydrogens (primary N) is 1. The average molecular weight is 796 g/mol. The van der Waals surface area contributed by atoms with Crippen LogP contribution < -0.4 is 32.3 Å². The largest absolute Gasteiger partial charge is 0.481 e. The van der Waals surface area contributed by atoms with E-state index in [0.29, 0.717) is 5.56 Å². The van der Waals surface area contributed by atoms with Crippen LogP contribution in [0.5, 0.6) is 0 Å². The van der Waals surface area contributed by atoms with Crippen molar-refractivity contribution in [3.05, 3.63) is 34.3 Å². The summed E-state index contributed by atoms with van der Waals surface area (Å²) in [6.45, 7) is 4.73. The van der Waals surface area contributed by atoms with Crippen LogP contribution in [0.4, 0.5) is 0 Å². The highest BCUT2D eigenvalue weighted by molar-refractivity contribution is 9.10. The molecule has 2 rings (SSSR count). The van der Waals surface area contributed by atoms with Crippen LogP contribution in [0.3, 0.4) is 0 Å². The van der Waals surface area contributed by atoms with Gasteiger partial charge in [0.1, 0.15) is 30.2 Å². The molecule has 0 radical (unpaired) electrons. The number of hydrogen-bond donors (Lipinski definition) is 8. The fraction of sp³-hybridized carbons (Fsp3) is 0.600. The molecule has 52 heavy (non-hydrogen) atoms. The van der Waals surface area contributed by atoms with Gasteiger partial charge in [0.2, 0.25) is 35.4 Å². The van der Waals surface area contributed by atoms with E-state index in [0.717, 1.165) is 36.6 Å². The number of hydrogen-bond acceptors (Lipinski definition) is 8. The minimum absolute atomic E-state index is 0.0279. The van der Waals surface area contributed by atoms with Gasteiger partial charge in [-0.2, -0.15) is 0 Å². The van der Waals surface area contributed by atoms with E-state index in [1.54, 1.807) is 38.1 Å². The monoisotopic (exact) mass is 794 g/mol. The maximum atomic E-state index is 13.8. The second-order valence-corrected chi connectivity index (χ2v) is 14.6. The van der Waals surface area contributed by atoms with Crippen LogP contribution in [0.15, 0.2) is 28.7 Å². The zero-order valence-corrected chi connectivity index (χ0v) is 31.3. The molecule has 0 aromatic heterocycles. The van der Waals surface area contributed by atoms with Crippen molar-refractivity contribution in [1.29, 1.82) is 0 Å². The Bertz CT molecular complexity index is 1430. The number of halogens is 1. The second kappa shape index (κ2) is 21.7. The second-order valence-electron chi connectivity index (χ2n) is 13.6. The molecule has 0 spiro atoms. The number of carboxylic acid groups (broad SMARTS) is 2. The van der Waals surface area contributed by atoms with E-state index in [9.17, 15) is 48.6 Å². The van der Waals surface area contributed by atoms with E-state index in [1.807, 2.05) is 0 Å². The van der Waals surface area contributed by atoms with Gasteiger partial charge in [0.15, 0.2) is 0 Å². The Morgan fingerprint density at radius 2 is 1.27 bits per heavy atom. The standard InChI is InChI=1S/C35H51BrN6O10/c1-19(2)15-25(32(48)42-28(35(51)52)17-22-9-11-23(36)12-10-22)39-34(50)27(18-30(45)46)41-33(49)26(16-21-7-5-4-6-8-21)40-31(47)24(38-20(3)43)13-14-29(37)44/h9-12,19,21,24-28H,4-8,13-18H2,1-3H3,(H2,37,44)(H,38,43)(H,39,50)(H,40,47)(H,41,49)(H,42,48)(H,45,46)(H,51,52)/t24-,25-,26-,27-,28-/m0/s1. The normalized spacial score (nSPS) is 15.9. The Morgan fingerprint density at radius 3 is 1.81 bits per heavy atom. The SMILES string of the molecule is CC(=O)N[C@@H](CCC(N)=O)C(=O)N[C@@H](CC1CCCCC1)C(=O)N[C@@H](CC(=O)O)C(=O)N[C@@H](CC(C)C)C(=O)N[C@@H](Cc1ccc(Br)cc1)C(=O)O. The zero-order chi connectivity index (χ0) is 39.0. The molecule has 5 atom stereocenters. The lowest BCUT2D eigenvalue weighted by molar-refractivity contribution is -0.143. The Kier molecular flexibility index (Phi) is 18.2. The summed E-state index contributed by atoms with van der Waals surface area (Å²) in [5.41, 5.74) is 5.87. The number of nitrogens with one attached hydrogen (secondary N) is 5. The smallest absolute Gasteiger partial charge is 0.326 e. The van der Waals surface area contributed by atoms with Crippen LogP contribution >= 0.6 is 15.9 Å². The lowest BCUT2D eigenvalue weighted by Gasteiger charge is -2.29. The molecule has 1 aliphatic rings. The van der Waals surface area contributed by atoms with E-state index in [4.69, 9.17) is 5.73 Å². The molecule has 288 valence electrons. The summed E-state index contributed by atoms with van der Waals surface area (Å²) in [4.78, 5) is 101. The summed E-state index contributed by atoms with van der Waals surface area (Å²) in [6, 6.07) is 0.103. The van der Waals surface area contributed by atoms with Crippen molar-refractivity contribution in [2.24, 2.45) is 17.6 Å². The summed E-state index contributed by atoms with van der Waals surface area (Å²) in [5.74, 6) is -7.57. The minimum Gasteiger partial charge on any atom is -0.481 e. The van der Waals surface area contributed by atoms with Crippen LogP contribution in [0.25, 0.3) is 0 Å². The summed E-state index contributed by atoms with van der Waals surface area (Å²) in [6.07, 6.45) is 3.35. The molecule has 1 aromatic rings. The van der Waals surface area contributed by atoms with Gasteiger partial charge in [0.05, 0.1) is 6.42 Å². The highest BCUT2D eigenvalue weighted by Gasteiger charge is 2.35. The first-order valence-corrected chi connectivity index (χ1v) is 18.2. The van der Waals surface area contributed by atoms with Crippen molar-refractivity contribution in [3.63, 3.8) is 0 Å². The first-order valence-electron chi connectivity index (χ1n) is 17.4. The van der Waals surface area contributed by atoms with E-state index in [2.05, 4.69) is 42.5 Å². The third-order valence-electron chi connectivity index (χ3n) is 8.62. The fourth-order valence-corrected chi connectivity index (χ4v) is 6.29. The number of carbonyl (C=O) groups is 8. The Labute approximate surface area is 311 Å². The summed E-state index contributed by atoms with van der Waals surface area (Å²) in [7, 11) is 0. The molecule has 1 fully saturated rings. The molecular formula is C35H51BrN6O10. The quantitative estimate of drug-likeness (QED) is 0.0884. The molecule has 0 heterocycles. The first kappa shape index (κ1) is 43.6. The third-order valence-corrected chi connectivity index (χ3v) is 9.15. The Hall–Kier alpha value is -4.54. The number of primary amides is 1. The van der Waals surface area contributed by atoms with Crippen molar-refractivity contribution >= 4 is 63.3 Å². The van der Waals surface area contributed by atoms with Gasteiger partial charge in [-0.3, -0.25) is 33.6 Å². The molecule has 9 N–H and O–H groups in total. The highest BCUT2D eigenvalue weighted by Crippen LogP contribution is 2.27. The van der Waals surface area contributed by atoms with Crippen molar-refractivity contribution in [2.75, 3.05) is 0 Å². The molecular weight excluding hydrogens is 744 g/mol. The molecule has 6 amide bonds. The molecule has 0 bridgehead atoms. The highest BCUT2D eigenvalue weighted by atomic mass is 79.9. The summed E-state index contributed by atoms with van der Waals surface area (Å²) >= 11 is 3.32. The summed E-state index contributed by atoms with van der Waals surface area (Å²) < 4.78 is 0.784. The topological polar surface area (TPSA) is 263 Å². The molecule has 1 aromatic carbocycles. The predicted octanol–water partition coefficient (Wildman–Crippen LogP) is 1.28. The fourth-order valence-electron chi connectivity index (χ4n) is 6.02. The van der Waals surface area contributed by atoms with Crippen LogP contribution in [-0.4, -0.2) is 87.8 Å². The number of aliphatic carboxylic acids is 2. The average Bonchev–Trinajstić information content (AvgIpc) is 3.05. The van der Waals surface area contributed by atoms with E-state index in [-0.39, 0.29) is 43.9 Å². The molecule has 16 nitrogen and oxygen atoms in total. The predicted molar refractivity (Wildman–Crippen MR) is 192 cm³/mol. The van der Waals surface area contributed by atoms with Gasteiger partial charge in [-0.1, -0.05) is 74.0 Å². The number of carbonyl (C=O) groups excluding carboxylic acids is 6. The number of carboxylic acids is 2. The maximum absolute atomic E-state index is 13.8. The van der Waals surface area contributed by atoms with Gasteiger partial charge in [-0.05, 0) is 48.8 Å². The third kappa shape index (κ3) is 16.2. The van der Waals surface area contributed by atoms with Crippen LogP contribution in [0.2, 0.25) is 0 Å². The molecule has 0 saturated heterocycles. The van der Waals surface area contributed by atoms with Gasteiger partial charge in [-0.25, -0.2) is 4.79 Å². The number of amides is 6.